The molecule has 0 saturated carbocycles. The topological polar surface area (TPSA) is 86.5 Å². The van der Waals surface area contributed by atoms with Crippen molar-refractivity contribution in [3.63, 3.8) is 0 Å². The van der Waals surface area contributed by atoms with Gasteiger partial charge >= 0.3 is 5.97 Å². The van der Waals surface area contributed by atoms with Crippen LogP contribution >= 0.6 is 0 Å². The van der Waals surface area contributed by atoms with Gasteiger partial charge in [-0.05, 0) is 12.8 Å². The summed E-state index contributed by atoms with van der Waals surface area (Å²) in [6.07, 6.45) is 2.02. The molecule has 1 unspecified atom stereocenters. The van der Waals surface area contributed by atoms with Gasteiger partial charge in [-0.2, -0.15) is 0 Å². The van der Waals surface area contributed by atoms with Crippen LogP contribution in [0.1, 0.15) is 12.8 Å². The van der Waals surface area contributed by atoms with E-state index in [2.05, 4.69) is 11.3 Å². The minimum absolute atomic E-state index is 0.106. The molecule has 0 rings (SSSR count). The zero-order chi connectivity index (χ0) is 10.5. The van der Waals surface area contributed by atoms with E-state index in [9.17, 15) is 13.2 Å². The van der Waals surface area contributed by atoms with Crippen LogP contribution < -0.4 is 5.14 Å². The molecule has 0 aliphatic heterocycles. The van der Waals surface area contributed by atoms with E-state index >= 15 is 0 Å². The van der Waals surface area contributed by atoms with Crippen LogP contribution in [0.25, 0.3) is 0 Å². The second kappa shape index (κ2) is 4.98. The first kappa shape index (κ1) is 12.1. The summed E-state index contributed by atoms with van der Waals surface area (Å²) in [5.41, 5.74) is 0. The van der Waals surface area contributed by atoms with Gasteiger partial charge in [0.15, 0.2) is 5.25 Å². The Bertz CT molecular complexity index is 283. The highest BCUT2D eigenvalue weighted by atomic mass is 32.2. The van der Waals surface area contributed by atoms with Gasteiger partial charge in [0.2, 0.25) is 10.0 Å². The maximum atomic E-state index is 10.9. The van der Waals surface area contributed by atoms with Gasteiger partial charge in [-0.25, -0.2) is 13.6 Å². The standard InChI is InChI=1S/C7H13NO4S/c1-3-4-5-6(7(9)12-2)13(8,10)11/h3,6H,1,4-5H2,2H3,(H2,8,10,11). The van der Waals surface area contributed by atoms with Crippen molar-refractivity contribution in [3.8, 4) is 0 Å². The van der Waals surface area contributed by atoms with Crippen LogP contribution in [0.5, 0.6) is 0 Å². The summed E-state index contributed by atoms with van der Waals surface area (Å²) in [6.45, 7) is 3.41. The molecule has 1 atom stereocenters. The fourth-order valence-corrected chi connectivity index (χ4v) is 1.65. The van der Waals surface area contributed by atoms with Gasteiger partial charge in [0.25, 0.3) is 0 Å². The normalized spacial score (nSPS) is 13.4. The summed E-state index contributed by atoms with van der Waals surface area (Å²) in [7, 11) is -2.75. The molecular weight excluding hydrogens is 194 g/mol. The maximum absolute atomic E-state index is 10.9. The molecular formula is C7H13NO4S. The minimum atomic E-state index is -3.87. The molecule has 0 aliphatic carbocycles. The number of rotatable bonds is 5. The molecule has 0 fully saturated rings. The van der Waals surface area contributed by atoms with Crippen LogP contribution in [0, 0.1) is 0 Å². The van der Waals surface area contributed by atoms with E-state index in [4.69, 9.17) is 5.14 Å². The molecule has 0 aromatic heterocycles. The predicted octanol–water partition coefficient (Wildman–Crippen LogP) is -0.217. The number of hydrogen-bond acceptors (Lipinski definition) is 4. The van der Waals surface area contributed by atoms with Crippen molar-refractivity contribution in [2.45, 2.75) is 18.1 Å². The van der Waals surface area contributed by atoms with Crippen molar-refractivity contribution >= 4 is 16.0 Å². The largest absolute Gasteiger partial charge is 0.468 e. The van der Waals surface area contributed by atoms with E-state index in [1.807, 2.05) is 0 Å². The van der Waals surface area contributed by atoms with Crippen molar-refractivity contribution in [2.24, 2.45) is 5.14 Å². The van der Waals surface area contributed by atoms with Crippen LogP contribution in [0.4, 0.5) is 0 Å². The van der Waals surface area contributed by atoms with Gasteiger partial charge in [0, 0.05) is 0 Å². The maximum Gasteiger partial charge on any atom is 0.325 e. The second-order valence-electron chi connectivity index (χ2n) is 2.47. The number of methoxy groups -OCH3 is 1. The van der Waals surface area contributed by atoms with Crippen molar-refractivity contribution in [1.29, 1.82) is 0 Å². The highest BCUT2D eigenvalue weighted by Crippen LogP contribution is 2.07. The second-order valence-corrected chi connectivity index (χ2v) is 4.21. The molecule has 0 amide bonds. The number of allylic oxidation sites excluding steroid dienone is 1. The lowest BCUT2D eigenvalue weighted by Crippen LogP contribution is -2.36. The number of hydrogen-bond donors (Lipinski definition) is 1. The van der Waals surface area contributed by atoms with Gasteiger partial charge in [0.1, 0.15) is 0 Å². The Balaban J connectivity index is 4.56. The molecule has 2 N–H and O–H groups in total. The number of nitrogens with two attached hydrogens (primary N) is 1. The Labute approximate surface area is 77.6 Å². The third-order valence-electron chi connectivity index (χ3n) is 1.49. The molecule has 0 aliphatic rings. The van der Waals surface area contributed by atoms with Gasteiger partial charge in [-0.3, -0.25) is 4.79 Å². The summed E-state index contributed by atoms with van der Waals surface area (Å²) >= 11 is 0. The lowest BCUT2D eigenvalue weighted by atomic mass is 10.2. The number of ether oxygens (including phenoxy) is 1. The van der Waals surface area contributed by atoms with Crippen molar-refractivity contribution in [2.75, 3.05) is 7.11 Å². The fourth-order valence-electron chi connectivity index (χ4n) is 0.817. The monoisotopic (exact) mass is 207 g/mol. The predicted molar refractivity (Wildman–Crippen MR) is 48.3 cm³/mol. The molecule has 6 heteroatoms. The molecule has 76 valence electrons. The van der Waals surface area contributed by atoms with E-state index in [1.165, 1.54) is 6.08 Å². The average Bonchev–Trinajstić information content (AvgIpc) is 2.02. The number of sulfonamides is 1. The summed E-state index contributed by atoms with van der Waals surface area (Å²) in [4.78, 5) is 10.9. The summed E-state index contributed by atoms with van der Waals surface area (Å²) in [6, 6.07) is 0. The molecule has 0 radical (unpaired) electrons. The molecule has 0 aromatic rings. The average molecular weight is 207 g/mol. The zero-order valence-electron chi connectivity index (χ0n) is 7.39. The first-order valence-electron chi connectivity index (χ1n) is 3.63. The number of carbonyl (C=O) groups excluding carboxylic acids is 1. The number of carbonyl (C=O) groups is 1. The Morgan fingerprint density at radius 1 is 1.69 bits per heavy atom. The molecule has 0 heterocycles. The summed E-state index contributed by atoms with van der Waals surface area (Å²) in [5, 5.41) is 3.55. The molecule has 5 nitrogen and oxygen atoms in total. The molecule has 0 aromatic carbocycles. The highest BCUT2D eigenvalue weighted by Gasteiger charge is 2.29. The van der Waals surface area contributed by atoms with E-state index in [0.717, 1.165) is 7.11 Å². The van der Waals surface area contributed by atoms with E-state index < -0.39 is 21.2 Å². The fraction of sp³-hybridized carbons (Fsp3) is 0.571. The van der Waals surface area contributed by atoms with Crippen molar-refractivity contribution in [3.05, 3.63) is 12.7 Å². The van der Waals surface area contributed by atoms with Crippen LogP contribution in [0.15, 0.2) is 12.7 Å². The Morgan fingerprint density at radius 2 is 2.23 bits per heavy atom. The van der Waals surface area contributed by atoms with Gasteiger partial charge < -0.3 is 4.74 Å². The Hall–Kier alpha value is -0.880. The lowest BCUT2D eigenvalue weighted by Gasteiger charge is -2.10. The van der Waals surface area contributed by atoms with Crippen LogP contribution in [0.2, 0.25) is 0 Å². The van der Waals surface area contributed by atoms with E-state index in [1.54, 1.807) is 0 Å². The zero-order valence-corrected chi connectivity index (χ0v) is 8.21. The SMILES string of the molecule is C=CCCC(C(=O)OC)S(N)(=O)=O. The Kier molecular flexibility index (Phi) is 4.64. The van der Waals surface area contributed by atoms with Crippen molar-refractivity contribution in [1.82, 2.24) is 0 Å². The van der Waals surface area contributed by atoms with Crippen LogP contribution in [-0.2, 0) is 19.6 Å². The van der Waals surface area contributed by atoms with Gasteiger partial charge in [0.05, 0.1) is 7.11 Å². The molecule has 13 heavy (non-hydrogen) atoms. The third kappa shape index (κ3) is 4.05. The quantitative estimate of drug-likeness (QED) is 0.499. The van der Waals surface area contributed by atoms with E-state index in [0.29, 0.717) is 6.42 Å². The lowest BCUT2D eigenvalue weighted by molar-refractivity contribution is -0.140. The minimum Gasteiger partial charge on any atom is -0.468 e. The first-order chi connectivity index (χ1) is 5.93. The van der Waals surface area contributed by atoms with E-state index in [-0.39, 0.29) is 6.42 Å². The Morgan fingerprint density at radius 3 is 2.54 bits per heavy atom. The van der Waals surface area contributed by atoms with Crippen LogP contribution in [-0.4, -0.2) is 26.7 Å². The smallest absolute Gasteiger partial charge is 0.325 e. The summed E-state index contributed by atoms with van der Waals surface area (Å²) in [5.74, 6) is -0.829. The molecule has 0 saturated heterocycles. The third-order valence-corrected chi connectivity index (χ3v) is 2.71. The number of primary sulfonamides is 1. The van der Waals surface area contributed by atoms with Gasteiger partial charge in [-0.1, -0.05) is 6.08 Å². The first-order valence-corrected chi connectivity index (χ1v) is 5.24. The van der Waals surface area contributed by atoms with Crippen molar-refractivity contribution < 1.29 is 17.9 Å². The highest BCUT2D eigenvalue weighted by molar-refractivity contribution is 7.90. The summed E-state index contributed by atoms with van der Waals surface area (Å²) < 4.78 is 26.1. The van der Waals surface area contributed by atoms with Crippen LogP contribution in [0.3, 0.4) is 0 Å². The molecule has 0 bridgehead atoms. The van der Waals surface area contributed by atoms with Gasteiger partial charge in [-0.15, -0.1) is 6.58 Å². The number of esters is 1. The molecule has 0 spiro atoms.